The molecule has 5 nitrogen and oxygen atoms in total. The summed E-state index contributed by atoms with van der Waals surface area (Å²) >= 11 is 0. The molecule has 2 atom stereocenters. The molecule has 1 fully saturated rings. The maximum atomic E-state index is 11.9. The van der Waals surface area contributed by atoms with Crippen molar-refractivity contribution in [1.29, 1.82) is 0 Å². The molecule has 0 spiro atoms. The summed E-state index contributed by atoms with van der Waals surface area (Å²) in [6, 6.07) is -1.04. The van der Waals surface area contributed by atoms with Crippen molar-refractivity contribution in [2.24, 2.45) is 5.92 Å². The van der Waals surface area contributed by atoms with Gasteiger partial charge in [0.1, 0.15) is 5.92 Å². The Hall–Kier alpha value is -1.31. The largest absolute Gasteiger partial charge is 0.481 e. The van der Waals surface area contributed by atoms with Crippen LogP contribution in [0.3, 0.4) is 0 Å². The Bertz CT molecular complexity index is 291. The topological polar surface area (TPSA) is 75.6 Å². The number of carbonyl (C=O) groups is 2. The fraction of sp³-hybridized carbons (Fsp3) is 0.750. The number of carboxylic acids is 1. The van der Waals surface area contributed by atoms with Crippen LogP contribution in [0, 0.1) is 5.92 Å². The van der Waals surface area contributed by atoms with Crippen LogP contribution >= 0.6 is 0 Å². The average Bonchev–Trinajstić information content (AvgIpc) is 2.16. The summed E-state index contributed by atoms with van der Waals surface area (Å²) in [6.45, 7) is -0.0648. The first-order valence-corrected chi connectivity index (χ1v) is 4.50. The molecule has 1 aliphatic heterocycles. The fourth-order valence-electron chi connectivity index (χ4n) is 1.40. The first-order valence-electron chi connectivity index (χ1n) is 4.50. The number of carbonyl (C=O) groups excluding carboxylic acids is 1. The molecule has 1 heterocycles. The standard InChI is InChI=1S/C8H10F3NO4/c9-8(10,11)7(15)12-5-1-2-16-3-4(5)6(13)14/h4-5H,1-3H2,(H,12,15)(H,13,14)/t4-,5+/m1/s1. The van der Waals surface area contributed by atoms with E-state index < -0.39 is 30.0 Å². The van der Waals surface area contributed by atoms with E-state index in [1.54, 1.807) is 5.32 Å². The Morgan fingerprint density at radius 2 is 2.00 bits per heavy atom. The lowest BCUT2D eigenvalue weighted by molar-refractivity contribution is -0.176. The monoisotopic (exact) mass is 241 g/mol. The Kier molecular flexibility index (Phi) is 3.74. The number of nitrogens with one attached hydrogen (secondary N) is 1. The summed E-state index contributed by atoms with van der Waals surface area (Å²) in [6.07, 6.45) is -4.94. The predicted molar refractivity (Wildman–Crippen MR) is 44.5 cm³/mol. The zero-order chi connectivity index (χ0) is 12.3. The molecule has 0 radical (unpaired) electrons. The molecule has 92 valence electrons. The van der Waals surface area contributed by atoms with Crippen LogP contribution < -0.4 is 5.32 Å². The van der Waals surface area contributed by atoms with E-state index >= 15 is 0 Å². The number of alkyl halides is 3. The molecule has 0 aromatic heterocycles. The van der Waals surface area contributed by atoms with Crippen LogP contribution in [0.1, 0.15) is 6.42 Å². The summed E-state index contributed by atoms with van der Waals surface area (Å²) in [5.74, 6) is -4.54. The van der Waals surface area contributed by atoms with Crippen molar-refractivity contribution in [2.75, 3.05) is 13.2 Å². The van der Waals surface area contributed by atoms with Gasteiger partial charge in [-0.1, -0.05) is 0 Å². The van der Waals surface area contributed by atoms with Gasteiger partial charge in [0.2, 0.25) is 0 Å². The molecule has 0 aromatic rings. The molecule has 2 N–H and O–H groups in total. The van der Waals surface area contributed by atoms with Gasteiger partial charge in [0.15, 0.2) is 0 Å². The summed E-state index contributed by atoms with van der Waals surface area (Å²) < 4.78 is 40.7. The highest BCUT2D eigenvalue weighted by Gasteiger charge is 2.42. The number of ether oxygens (including phenoxy) is 1. The number of hydrogen-bond donors (Lipinski definition) is 2. The molecule has 1 rings (SSSR count). The van der Waals surface area contributed by atoms with Crippen LogP contribution in [-0.4, -0.2) is 42.4 Å². The van der Waals surface area contributed by atoms with Gasteiger partial charge in [-0.25, -0.2) is 0 Å². The number of carboxylic acid groups (broad SMARTS) is 1. The Morgan fingerprint density at radius 1 is 1.38 bits per heavy atom. The zero-order valence-electron chi connectivity index (χ0n) is 8.08. The Morgan fingerprint density at radius 3 is 2.50 bits per heavy atom. The second-order valence-corrected chi connectivity index (χ2v) is 3.39. The SMILES string of the molecule is O=C(O)[C@@H]1COCC[C@@H]1NC(=O)C(F)(F)F. The normalized spacial score (nSPS) is 26.2. The third kappa shape index (κ3) is 3.09. The number of amides is 1. The highest BCUT2D eigenvalue weighted by Crippen LogP contribution is 2.19. The van der Waals surface area contributed by atoms with Crippen molar-refractivity contribution in [3.05, 3.63) is 0 Å². The van der Waals surface area contributed by atoms with Gasteiger partial charge in [0.05, 0.1) is 6.61 Å². The van der Waals surface area contributed by atoms with Gasteiger partial charge in [0, 0.05) is 12.6 Å². The minimum atomic E-state index is -5.00. The van der Waals surface area contributed by atoms with Gasteiger partial charge in [-0.3, -0.25) is 9.59 Å². The van der Waals surface area contributed by atoms with Crippen LogP contribution in [0.4, 0.5) is 13.2 Å². The van der Waals surface area contributed by atoms with Crippen LogP contribution in [0.25, 0.3) is 0 Å². The lowest BCUT2D eigenvalue weighted by Gasteiger charge is -2.29. The molecule has 1 aliphatic rings. The summed E-state index contributed by atoms with van der Waals surface area (Å²) in [5.41, 5.74) is 0. The van der Waals surface area contributed by atoms with Crippen molar-refractivity contribution in [3.63, 3.8) is 0 Å². The minimum absolute atomic E-state index is 0.0544. The number of hydrogen-bond acceptors (Lipinski definition) is 3. The second kappa shape index (κ2) is 4.69. The van der Waals surface area contributed by atoms with E-state index in [-0.39, 0.29) is 19.6 Å². The Labute approximate surface area is 88.6 Å². The molecule has 0 unspecified atom stereocenters. The van der Waals surface area contributed by atoms with Crippen LogP contribution in [-0.2, 0) is 14.3 Å². The number of rotatable bonds is 2. The van der Waals surface area contributed by atoms with Gasteiger partial charge in [-0.05, 0) is 6.42 Å². The van der Waals surface area contributed by atoms with Crippen LogP contribution in [0.2, 0.25) is 0 Å². The number of aliphatic carboxylic acids is 1. The first-order chi connectivity index (χ1) is 7.32. The van der Waals surface area contributed by atoms with E-state index in [4.69, 9.17) is 9.84 Å². The van der Waals surface area contributed by atoms with E-state index in [0.29, 0.717) is 0 Å². The minimum Gasteiger partial charge on any atom is -0.481 e. The summed E-state index contributed by atoms with van der Waals surface area (Å²) in [5, 5.41) is 10.4. The molecular formula is C8H10F3NO4. The maximum absolute atomic E-state index is 11.9. The third-order valence-electron chi connectivity index (χ3n) is 2.25. The third-order valence-corrected chi connectivity index (χ3v) is 2.25. The molecule has 8 heteroatoms. The lowest BCUT2D eigenvalue weighted by Crippen LogP contribution is -2.51. The van der Waals surface area contributed by atoms with Crippen molar-refractivity contribution in [3.8, 4) is 0 Å². The van der Waals surface area contributed by atoms with E-state index in [0.717, 1.165) is 0 Å². The highest BCUT2D eigenvalue weighted by molar-refractivity contribution is 5.83. The van der Waals surface area contributed by atoms with Crippen molar-refractivity contribution >= 4 is 11.9 Å². The van der Waals surface area contributed by atoms with Gasteiger partial charge in [-0.15, -0.1) is 0 Å². The molecule has 1 saturated heterocycles. The van der Waals surface area contributed by atoms with Crippen LogP contribution in [0.15, 0.2) is 0 Å². The van der Waals surface area contributed by atoms with Gasteiger partial charge in [-0.2, -0.15) is 13.2 Å². The average molecular weight is 241 g/mol. The van der Waals surface area contributed by atoms with Gasteiger partial charge in [0.25, 0.3) is 0 Å². The second-order valence-electron chi connectivity index (χ2n) is 3.39. The predicted octanol–water partition coefficient (Wildman–Crippen LogP) is 0.155. The van der Waals surface area contributed by atoms with Gasteiger partial charge < -0.3 is 15.2 Å². The fourth-order valence-corrected chi connectivity index (χ4v) is 1.40. The quantitative estimate of drug-likeness (QED) is 0.721. The molecule has 16 heavy (non-hydrogen) atoms. The zero-order valence-corrected chi connectivity index (χ0v) is 8.08. The van der Waals surface area contributed by atoms with Crippen molar-refractivity contribution in [2.45, 2.75) is 18.6 Å². The van der Waals surface area contributed by atoms with E-state index in [1.165, 1.54) is 0 Å². The van der Waals surface area contributed by atoms with E-state index in [9.17, 15) is 22.8 Å². The molecule has 0 aromatic carbocycles. The maximum Gasteiger partial charge on any atom is 0.471 e. The van der Waals surface area contributed by atoms with E-state index in [1.807, 2.05) is 0 Å². The van der Waals surface area contributed by atoms with Crippen LogP contribution in [0.5, 0.6) is 0 Å². The Balaban J connectivity index is 2.63. The summed E-state index contributed by atoms with van der Waals surface area (Å²) in [7, 11) is 0. The molecule has 1 amide bonds. The molecule has 0 aliphatic carbocycles. The summed E-state index contributed by atoms with van der Waals surface area (Å²) in [4.78, 5) is 21.3. The number of halogens is 3. The molecule has 0 bridgehead atoms. The smallest absolute Gasteiger partial charge is 0.471 e. The lowest BCUT2D eigenvalue weighted by atomic mass is 9.96. The van der Waals surface area contributed by atoms with Gasteiger partial charge >= 0.3 is 18.1 Å². The van der Waals surface area contributed by atoms with Crippen molar-refractivity contribution in [1.82, 2.24) is 5.32 Å². The van der Waals surface area contributed by atoms with E-state index in [2.05, 4.69) is 0 Å². The molecule has 0 saturated carbocycles. The highest BCUT2D eigenvalue weighted by atomic mass is 19.4. The molecular weight excluding hydrogens is 231 g/mol. The van der Waals surface area contributed by atoms with Crippen molar-refractivity contribution < 1.29 is 32.6 Å². The first kappa shape index (κ1) is 12.8.